The Balaban J connectivity index is 1.82. The molecule has 0 aromatic heterocycles. The monoisotopic (exact) mass is 450 g/mol. The molecule has 6 heteroatoms. The summed E-state index contributed by atoms with van der Waals surface area (Å²) in [7, 11) is 0. The van der Waals surface area contributed by atoms with E-state index in [1.807, 2.05) is 67.6 Å². The average Bonchev–Trinajstić information content (AvgIpc) is 2.77. The van der Waals surface area contributed by atoms with Crippen LogP contribution in [0.3, 0.4) is 0 Å². The molecule has 4 atom stereocenters. The van der Waals surface area contributed by atoms with Crippen LogP contribution < -0.4 is 10.6 Å². The molecular formula is C27H34N2O4. The van der Waals surface area contributed by atoms with Crippen LogP contribution >= 0.6 is 0 Å². The Morgan fingerprint density at radius 1 is 0.818 bits per heavy atom. The molecule has 0 bridgehead atoms. The van der Waals surface area contributed by atoms with Crippen molar-refractivity contribution < 1.29 is 19.5 Å². The lowest BCUT2D eigenvalue weighted by molar-refractivity contribution is -0.163. The van der Waals surface area contributed by atoms with Crippen LogP contribution in [0.1, 0.15) is 64.1 Å². The van der Waals surface area contributed by atoms with E-state index in [-0.39, 0.29) is 37.1 Å². The largest absolute Gasteiger partial charge is 0.481 e. The Hall–Kier alpha value is -3.15. The van der Waals surface area contributed by atoms with Gasteiger partial charge in [0, 0.05) is 17.4 Å². The normalized spacial score (nSPS) is 27.9. The van der Waals surface area contributed by atoms with E-state index in [2.05, 4.69) is 10.6 Å². The van der Waals surface area contributed by atoms with Gasteiger partial charge in [-0.2, -0.15) is 0 Å². The minimum absolute atomic E-state index is 0.171. The number of carboxylic acid groups (broad SMARTS) is 1. The van der Waals surface area contributed by atoms with Crippen LogP contribution in [0.2, 0.25) is 0 Å². The fourth-order valence-electron chi connectivity index (χ4n) is 5.43. The van der Waals surface area contributed by atoms with Crippen molar-refractivity contribution in [3.05, 3.63) is 71.8 Å². The molecule has 1 saturated carbocycles. The summed E-state index contributed by atoms with van der Waals surface area (Å²) in [5, 5.41) is 16.0. The second-order valence-corrected chi connectivity index (χ2v) is 10.3. The summed E-state index contributed by atoms with van der Waals surface area (Å²) in [6, 6.07) is 19.0. The van der Waals surface area contributed by atoms with E-state index in [1.54, 1.807) is 20.8 Å². The first-order valence-electron chi connectivity index (χ1n) is 11.4. The van der Waals surface area contributed by atoms with Crippen LogP contribution in [0.5, 0.6) is 0 Å². The van der Waals surface area contributed by atoms with Crippen molar-refractivity contribution in [1.29, 1.82) is 0 Å². The summed E-state index contributed by atoms with van der Waals surface area (Å²) in [6.45, 7) is 7.46. The van der Waals surface area contributed by atoms with Gasteiger partial charge < -0.3 is 15.7 Å². The Morgan fingerprint density at radius 3 is 1.85 bits per heavy atom. The number of rotatable bonds is 7. The van der Waals surface area contributed by atoms with E-state index in [0.717, 1.165) is 11.1 Å². The molecule has 2 amide bonds. The van der Waals surface area contributed by atoms with Gasteiger partial charge in [0.25, 0.3) is 0 Å². The molecule has 33 heavy (non-hydrogen) atoms. The van der Waals surface area contributed by atoms with Gasteiger partial charge in [0.2, 0.25) is 11.8 Å². The van der Waals surface area contributed by atoms with Gasteiger partial charge in [-0.15, -0.1) is 0 Å². The zero-order chi connectivity index (χ0) is 24.3. The number of nitrogens with one attached hydrogen (secondary N) is 2. The smallest absolute Gasteiger partial charge is 0.309 e. The number of amides is 2. The summed E-state index contributed by atoms with van der Waals surface area (Å²) in [5.74, 6) is -1.44. The Labute approximate surface area is 195 Å². The van der Waals surface area contributed by atoms with Gasteiger partial charge in [-0.05, 0) is 44.2 Å². The number of hydrogen-bond donors (Lipinski definition) is 3. The van der Waals surface area contributed by atoms with Gasteiger partial charge >= 0.3 is 5.97 Å². The molecule has 0 aliphatic heterocycles. The van der Waals surface area contributed by atoms with Crippen LogP contribution in [-0.4, -0.2) is 22.9 Å². The number of carbonyl (C=O) groups excluding carboxylic acids is 2. The molecule has 0 radical (unpaired) electrons. The molecule has 0 spiro atoms. The topological polar surface area (TPSA) is 95.5 Å². The van der Waals surface area contributed by atoms with Gasteiger partial charge in [0.05, 0.1) is 11.5 Å². The maximum absolute atomic E-state index is 13.5. The summed E-state index contributed by atoms with van der Waals surface area (Å²) in [6.07, 6.45) is 0.619. The van der Waals surface area contributed by atoms with Crippen LogP contribution in [0.25, 0.3) is 0 Å². The van der Waals surface area contributed by atoms with Gasteiger partial charge in [-0.3, -0.25) is 14.4 Å². The van der Waals surface area contributed by atoms with Crippen molar-refractivity contribution in [3.63, 3.8) is 0 Å². The highest BCUT2D eigenvalue weighted by atomic mass is 16.4. The third-order valence-corrected chi connectivity index (χ3v) is 6.90. The van der Waals surface area contributed by atoms with E-state index in [4.69, 9.17) is 0 Å². The third-order valence-electron chi connectivity index (χ3n) is 6.90. The van der Waals surface area contributed by atoms with Crippen molar-refractivity contribution in [1.82, 2.24) is 10.6 Å². The van der Waals surface area contributed by atoms with Crippen LogP contribution in [-0.2, 0) is 20.9 Å². The molecule has 0 saturated heterocycles. The van der Waals surface area contributed by atoms with Crippen molar-refractivity contribution >= 4 is 17.8 Å². The molecule has 2 aromatic rings. The Morgan fingerprint density at radius 2 is 1.30 bits per heavy atom. The zero-order valence-electron chi connectivity index (χ0n) is 19.9. The molecule has 3 N–H and O–H groups in total. The fourth-order valence-corrected chi connectivity index (χ4v) is 5.43. The molecule has 2 aromatic carbocycles. The van der Waals surface area contributed by atoms with Gasteiger partial charge in [-0.1, -0.05) is 74.5 Å². The van der Waals surface area contributed by atoms with Gasteiger partial charge in [0.15, 0.2) is 0 Å². The fraction of sp³-hybridized carbons (Fsp3) is 0.444. The van der Waals surface area contributed by atoms with E-state index in [0.29, 0.717) is 6.54 Å². The Kier molecular flexibility index (Phi) is 6.96. The molecule has 0 heterocycles. The van der Waals surface area contributed by atoms with Gasteiger partial charge in [0.1, 0.15) is 0 Å². The van der Waals surface area contributed by atoms with Crippen molar-refractivity contribution in [2.45, 2.75) is 59.5 Å². The Bertz CT molecular complexity index is 1010. The molecule has 6 nitrogen and oxygen atoms in total. The average molecular weight is 451 g/mol. The zero-order valence-corrected chi connectivity index (χ0v) is 19.9. The first kappa shape index (κ1) is 24.5. The van der Waals surface area contributed by atoms with Crippen LogP contribution in [0.4, 0.5) is 0 Å². The lowest BCUT2D eigenvalue weighted by Crippen LogP contribution is -2.56. The molecule has 1 fully saturated rings. The van der Waals surface area contributed by atoms with Crippen molar-refractivity contribution in [3.8, 4) is 0 Å². The minimum Gasteiger partial charge on any atom is -0.481 e. The maximum atomic E-state index is 13.5. The molecule has 1 unspecified atom stereocenters. The van der Waals surface area contributed by atoms with Crippen molar-refractivity contribution in [2.24, 2.45) is 16.2 Å². The first-order chi connectivity index (χ1) is 15.5. The lowest BCUT2D eigenvalue weighted by atomic mass is 9.54. The first-order valence-corrected chi connectivity index (χ1v) is 11.4. The number of benzene rings is 2. The summed E-state index contributed by atoms with van der Waals surface area (Å²) in [4.78, 5) is 39.0. The quantitative estimate of drug-likeness (QED) is 0.580. The summed E-state index contributed by atoms with van der Waals surface area (Å²) >= 11 is 0. The lowest BCUT2D eigenvalue weighted by Gasteiger charge is -2.49. The molecule has 1 aliphatic rings. The van der Waals surface area contributed by atoms with Crippen molar-refractivity contribution in [2.75, 3.05) is 0 Å². The molecule has 3 rings (SSSR count). The minimum atomic E-state index is -1.20. The van der Waals surface area contributed by atoms with E-state index in [9.17, 15) is 19.5 Å². The highest BCUT2D eigenvalue weighted by Gasteiger charge is 2.57. The van der Waals surface area contributed by atoms with Crippen LogP contribution in [0.15, 0.2) is 60.7 Å². The predicted octanol–water partition coefficient (Wildman–Crippen LogP) is 4.47. The maximum Gasteiger partial charge on any atom is 0.309 e. The highest BCUT2D eigenvalue weighted by Crippen LogP contribution is 2.55. The summed E-state index contributed by atoms with van der Waals surface area (Å²) in [5.41, 5.74) is -1.27. The van der Waals surface area contributed by atoms with E-state index < -0.39 is 22.2 Å². The second-order valence-electron chi connectivity index (χ2n) is 10.3. The molecule has 176 valence electrons. The SMILES string of the molecule is CC(NC(=O)[C@]1(C)C[C@](C)(C(=O)O)C[C@](C)(C(=O)NCc2ccccc2)C1)c1ccccc1. The number of carboxylic acids is 1. The van der Waals surface area contributed by atoms with Crippen LogP contribution in [0, 0.1) is 16.2 Å². The van der Waals surface area contributed by atoms with E-state index >= 15 is 0 Å². The third kappa shape index (κ3) is 5.44. The molecular weight excluding hydrogens is 416 g/mol. The van der Waals surface area contributed by atoms with E-state index in [1.165, 1.54) is 0 Å². The number of carbonyl (C=O) groups is 3. The predicted molar refractivity (Wildman–Crippen MR) is 127 cm³/mol. The number of hydrogen-bond acceptors (Lipinski definition) is 3. The highest BCUT2D eigenvalue weighted by molar-refractivity contribution is 5.89. The van der Waals surface area contributed by atoms with Gasteiger partial charge in [-0.25, -0.2) is 0 Å². The second kappa shape index (κ2) is 9.38. The molecule has 1 aliphatic carbocycles. The summed E-state index contributed by atoms with van der Waals surface area (Å²) < 4.78 is 0. The number of aliphatic carboxylic acids is 1. The standard InChI is InChI=1S/C27H34N2O4/c1-19(21-13-9-6-10-14-21)29-23(31)26(3)16-25(2,17-27(4,18-26)24(32)33)22(30)28-15-20-11-7-5-8-12-20/h5-14,19H,15-18H2,1-4H3,(H,28,30)(H,29,31)(H,32,33)/t19?,25-,26+,27-/m1/s1.